The van der Waals surface area contributed by atoms with E-state index in [1.54, 1.807) is 0 Å². The molecule has 1 saturated heterocycles. The first-order valence-corrected chi connectivity index (χ1v) is 8.94. The zero-order valence-corrected chi connectivity index (χ0v) is 14.8. The Hall–Kier alpha value is -0.770. The Balaban J connectivity index is 0.00000156. The fourth-order valence-electron chi connectivity index (χ4n) is 4.55. The first-order valence-electron chi connectivity index (χ1n) is 8.56. The molecule has 5 heteroatoms. The molecule has 4 unspecified atom stereocenters. The minimum Gasteiger partial charge on any atom is -0.348 e. The van der Waals surface area contributed by atoms with Crippen molar-refractivity contribution in [3.63, 3.8) is 0 Å². The zero-order valence-electron chi connectivity index (χ0n) is 13.2. The van der Waals surface area contributed by atoms with E-state index in [0.717, 1.165) is 24.3 Å². The van der Waals surface area contributed by atoms with E-state index in [4.69, 9.17) is 11.6 Å². The summed E-state index contributed by atoms with van der Waals surface area (Å²) in [6.07, 6.45) is 8.07. The molecule has 2 fully saturated rings. The van der Waals surface area contributed by atoms with E-state index < -0.39 is 0 Å². The molecule has 0 radical (unpaired) electrons. The fraction of sp³-hybridized carbons (Fsp3) is 0.611. The summed E-state index contributed by atoms with van der Waals surface area (Å²) < 4.78 is 0. The highest BCUT2D eigenvalue weighted by molar-refractivity contribution is 6.31. The standard InChI is InChI=1S/C18H23ClN2O.ClH/c19-14-6-3-5-13-12(14)8-9-16(13)21-18(22)17-10-11-4-1-2-7-15(11)20-17;/h3,5-6,11,15-17,20H,1-2,4,7-10H2,(H,21,22);1H. The predicted octanol–water partition coefficient (Wildman–Crippen LogP) is 3.79. The quantitative estimate of drug-likeness (QED) is 0.848. The number of rotatable bonds is 2. The van der Waals surface area contributed by atoms with Crippen LogP contribution in [0.2, 0.25) is 5.02 Å². The molecule has 1 aliphatic heterocycles. The molecule has 23 heavy (non-hydrogen) atoms. The molecule has 0 bridgehead atoms. The largest absolute Gasteiger partial charge is 0.348 e. The third-order valence-corrected chi connectivity index (χ3v) is 6.06. The molecule has 2 aliphatic carbocycles. The molecular formula is C18H24Cl2N2O. The zero-order chi connectivity index (χ0) is 15.1. The van der Waals surface area contributed by atoms with Gasteiger partial charge in [-0.15, -0.1) is 12.4 Å². The van der Waals surface area contributed by atoms with E-state index in [9.17, 15) is 4.79 Å². The molecule has 1 aromatic carbocycles. The van der Waals surface area contributed by atoms with Crippen molar-refractivity contribution in [1.82, 2.24) is 10.6 Å². The van der Waals surface area contributed by atoms with Crippen LogP contribution in [0.15, 0.2) is 18.2 Å². The van der Waals surface area contributed by atoms with Gasteiger partial charge in [-0.2, -0.15) is 0 Å². The van der Waals surface area contributed by atoms with Gasteiger partial charge in [0.25, 0.3) is 0 Å². The first kappa shape index (κ1) is 17.1. The third kappa shape index (κ3) is 3.24. The first-order chi connectivity index (χ1) is 10.7. The van der Waals surface area contributed by atoms with Gasteiger partial charge in [-0.05, 0) is 55.2 Å². The summed E-state index contributed by atoms with van der Waals surface area (Å²) in [5.41, 5.74) is 2.42. The third-order valence-electron chi connectivity index (χ3n) is 5.71. The molecule has 3 nitrogen and oxygen atoms in total. The number of amides is 1. The normalized spacial score (nSPS) is 31.9. The van der Waals surface area contributed by atoms with Gasteiger partial charge in [0.2, 0.25) is 5.91 Å². The molecule has 4 rings (SSSR count). The van der Waals surface area contributed by atoms with Crippen LogP contribution in [0.3, 0.4) is 0 Å². The molecule has 1 amide bonds. The number of benzene rings is 1. The van der Waals surface area contributed by atoms with Crippen molar-refractivity contribution in [1.29, 1.82) is 0 Å². The van der Waals surface area contributed by atoms with E-state index in [1.807, 2.05) is 12.1 Å². The van der Waals surface area contributed by atoms with Crippen molar-refractivity contribution < 1.29 is 4.79 Å². The molecule has 3 aliphatic rings. The number of hydrogen-bond donors (Lipinski definition) is 2. The van der Waals surface area contributed by atoms with Gasteiger partial charge in [0.05, 0.1) is 12.1 Å². The number of halogens is 2. The van der Waals surface area contributed by atoms with Crippen molar-refractivity contribution in [3.05, 3.63) is 34.3 Å². The van der Waals surface area contributed by atoms with Crippen molar-refractivity contribution in [2.24, 2.45) is 5.92 Å². The maximum atomic E-state index is 12.6. The Morgan fingerprint density at radius 1 is 1.22 bits per heavy atom. The highest BCUT2D eigenvalue weighted by Crippen LogP contribution is 2.36. The van der Waals surface area contributed by atoms with Crippen LogP contribution in [0.5, 0.6) is 0 Å². The Morgan fingerprint density at radius 2 is 2.04 bits per heavy atom. The summed E-state index contributed by atoms with van der Waals surface area (Å²) in [5, 5.41) is 7.65. The summed E-state index contributed by atoms with van der Waals surface area (Å²) in [6, 6.07) is 6.71. The van der Waals surface area contributed by atoms with E-state index in [1.165, 1.54) is 36.8 Å². The van der Waals surface area contributed by atoms with Crippen LogP contribution in [0.25, 0.3) is 0 Å². The lowest BCUT2D eigenvalue weighted by atomic mass is 9.85. The second-order valence-corrected chi connectivity index (χ2v) is 7.42. The average molecular weight is 355 g/mol. The van der Waals surface area contributed by atoms with Gasteiger partial charge in [-0.25, -0.2) is 0 Å². The molecule has 2 N–H and O–H groups in total. The number of fused-ring (bicyclic) bond motifs is 2. The number of carbonyl (C=O) groups excluding carboxylic acids is 1. The van der Waals surface area contributed by atoms with Gasteiger partial charge < -0.3 is 10.6 Å². The second-order valence-electron chi connectivity index (χ2n) is 7.01. The molecule has 0 aromatic heterocycles. The summed E-state index contributed by atoms with van der Waals surface area (Å²) >= 11 is 6.26. The van der Waals surface area contributed by atoms with E-state index in [2.05, 4.69) is 16.7 Å². The van der Waals surface area contributed by atoms with Crippen molar-refractivity contribution in [2.75, 3.05) is 0 Å². The molecule has 0 spiro atoms. The van der Waals surface area contributed by atoms with Gasteiger partial charge in [0, 0.05) is 11.1 Å². The highest BCUT2D eigenvalue weighted by Gasteiger charge is 2.39. The topological polar surface area (TPSA) is 41.1 Å². The molecular weight excluding hydrogens is 331 g/mol. The van der Waals surface area contributed by atoms with Gasteiger partial charge in [0.1, 0.15) is 0 Å². The summed E-state index contributed by atoms with van der Waals surface area (Å²) in [7, 11) is 0. The van der Waals surface area contributed by atoms with Crippen molar-refractivity contribution in [2.45, 2.75) is 63.1 Å². The molecule has 1 heterocycles. The van der Waals surface area contributed by atoms with Crippen LogP contribution in [0.4, 0.5) is 0 Å². The number of nitrogens with one attached hydrogen (secondary N) is 2. The number of carbonyl (C=O) groups is 1. The van der Waals surface area contributed by atoms with Crippen LogP contribution >= 0.6 is 24.0 Å². The van der Waals surface area contributed by atoms with E-state index >= 15 is 0 Å². The van der Waals surface area contributed by atoms with Crippen molar-refractivity contribution >= 4 is 29.9 Å². The molecule has 126 valence electrons. The lowest BCUT2D eigenvalue weighted by molar-refractivity contribution is -0.123. The van der Waals surface area contributed by atoms with Gasteiger partial charge in [-0.1, -0.05) is 36.6 Å². The molecule has 4 atom stereocenters. The van der Waals surface area contributed by atoms with Crippen LogP contribution in [-0.4, -0.2) is 18.0 Å². The van der Waals surface area contributed by atoms with E-state index in [-0.39, 0.29) is 30.4 Å². The smallest absolute Gasteiger partial charge is 0.237 e. The Bertz CT molecular complexity index is 578. The van der Waals surface area contributed by atoms with Crippen LogP contribution in [0.1, 0.15) is 55.7 Å². The maximum Gasteiger partial charge on any atom is 0.237 e. The Morgan fingerprint density at radius 3 is 2.87 bits per heavy atom. The van der Waals surface area contributed by atoms with E-state index in [0.29, 0.717) is 12.0 Å². The monoisotopic (exact) mass is 354 g/mol. The predicted molar refractivity (Wildman–Crippen MR) is 95.2 cm³/mol. The Kier molecular flexibility index (Phi) is 5.19. The highest BCUT2D eigenvalue weighted by atomic mass is 35.5. The Labute approximate surface area is 149 Å². The summed E-state index contributed by atoms with van der Waals surface area (Å²) in [5.74, 6) is 0.877. The minimum absolute atomic E-state index is 0. The molecule has 1 aromatic rings. The summed E-state index contributed by atoms with van der Waals surface area (Å²) in [4.78, 5) is 12.6. The molecule has 1 saturated carbocycles. The van der Waals surface area contributed by atoms with Crippen LogP contribution in [0, 0.1) is 5.92 Å². The SMILES string of the molecule is Cl.O=C(NC1CCc2c(Cl)cccc21)C1CC2CCCCC2N1. The number of hydrogen-bond acceptors (Lipinski definition) is 2. The van der Waals surface area contributed by atoms with Gasteiger partial charge >= 0.3 is 0 Å². The summed E-state index contributed by atoms with van der Waals surface area (Å²) in [6.45, 7) is 0. The lowest BCUT2D eigenvalue weighted by Gasteiger charge is -2.24. The fourth-order valence-corrected chi connectivity index (χ4v) is 4.83. The average Bonchev–Trinajstić information content (AvgIpc) is 3.12. The van der Waals surface area contributed by atoms with Crippen LogP contribution < -0.4 is 10.6 Å². The lowest BCUT2D eigenvalue weighted by Crippen LogP contribution is -2.44. The van der Waals surface area contributed by atoms with Gasteiger partial charge in [0.15, 0.2) is 0 Å². The van der Waals surface area contributed by atoms with Gasteiger partial charge in [-0.3, -0.25) is 4.79 Å². The second kappa shape index (κ2) is 7.00. The van der Waals surface area contributed by atoms with Crippen LogP contribution in [-0.2, 0) is 11.2 Å². The maximum absolute atomic E-state index is 12.6. The minimum atomic E-state index is -0.00339. The van der Waals surface area contributed by atoms with Crippen molar-refractivity contribution in [3.8, 4) is 0 Å².